The normalized spacial score (nSPS) is 14.5. The van der Waals surface area contributed by atoms with Gasteiger partial charge in [-0.1, -0.05) is 12.1 Å². The number of likely N-dealkylation sites (tertiary alicyclic amines) is 1. The molecular formula is C21H24N4O3. The van der Waals surface area contributed by atoms with Crippen LogP contribution in [-0.2, 0) is 9.59 Å². The quantitative estimate of drug-likeness (QED) is 0.719. The van der Waals surface area contributed by atoms with Gasteiger partial charge in [0.05, 0.1) is 11.4 Å². The van der Waals surface area contributed by atoms with Crippen molar-refractivity contribution in [1.82, 2.24) is 4.90 Å². The molecule has 0 aliphatic carbocycles. The van der Waals surface area contributed by atoms with Gasteiger partial charge in [-0.15, -0.1) is 0 Å². The highest BCUT2D eigenvalue weighted by molar-refractivity contribution is 6.06. The number of carbonyl (C=O) groups is 3. The number of nitrogens with one attached hydrogen (secondary N) is 3. The molecule has 2 aromatic carbocycles. The standard InChI is InChI=1S/C21H24N4O3/c1-14(25-13-5-8-19(25)26)20(27)23-16-11-9-15(10-12-16)21(28)24-18-7-4-3-6-17(18)22-2/h3-4,6-7,9-12,14,22H,5,8,13H2,1-2H3,(H,23,27)(H,24,28). The number of hydrogen-bond donors (Lipinski definition) is 3. The molecule has 28 heavy (non-hydrogen) atoms. The number of benzene rings is 2. The molecule has 1 aliphatic heterocycles. The number of rotatable bonds is 6. The van der Waals surface area contributed by atoms with E-state index in [0.717, 1.165) is 12.1 Å². The summed E-state index contributed by atoms with van der Waals surface area (Å²) in [7, 11) is 1.79. The van der Waals surface area contributed by atoms with E-state index in [9.17, 15) is 14.4 Å². The van der Waals surface area contributed by atoms with E-state index in [0.29, 0.717) is 29.9 Å². The molecule has 3 N–H and O–H groups in total. The van der Waals surface area contributed by atoms with Crippen molar-refractivity contribution in [2.75, 3.05) is 29.5 Å². The van der Waals surface area contributed by atoms with Gasteiger partial charge in [0, 0.05) is 31.3 Å². The number of hydrogen-bond acceptors (Lipinski definition) is 4. The second kappa shape index (κ2) is 8.56. The Labute approximate surface area is 164 Å². The third-order valence-electron chi connectivity index (χ3n) is 4.82. The van der Waals surface area contributed by atoms with Crippen molar-refractivity contribution in [2.45, 2.75) is 25.8 Å². The largest absolute Gasteiger partial charge is 0.386 e. The number of amides is 3. The molecular weight excluding hydrogens is 356 g/mol. The summed E-state index contributed by atoms with van der Waals surface area (Å²) in [6.45, 7) is 2.33. The monoisotopic (exact) mass is 380 g/mol. The number of carbonyl (C=O) groups excluding carboxylic acids is 3. The number of nitrogens with zero attached hydrogens (tertiary/aromatic N) is 1. The minimum atomic E-state index is -0.518. The van der Waals surface area contributed by atoms with Crippen molar-refractivity contribution in [3.8, 4) is 0 Å². The molecule has 7 heteroatoms. The zero-order chi connectivity index (χ0) is 20.1. The highest BCUT2D eigenvalue weighted by atomic mass is 16.2. The Morgan fingerprint density at radius 2 is 1.68 bits per heavy atom. The van der Waals surface area contributed by atoms with E-state index in [1.54, 1.807) is 43.1 Å². The summed E-state index contributed by atoms with van der Waals surface area (Å²) in [4.78, 5) is 38.2. The zero-order valence-electron chi connectivity index (χ0n) is 16.0. The first kappa shape index (κ1) is 19.4. The van der Waals surface area contributed by atoms with E-state index in [1.165, 1.54) is 0 Å². The minimum Gasteiger partial charge on any atom is -0.386 e. The van der Waals surface area contributed by atoms with Crippen molar-refractivity contribution in [3.05, 3.63) is 54.1 Å². The fourth-order valence-electron chi connectivity index (χ4n) is 3.18. The van der Waals surface area contributed by atoms with Crippen LogP contribution in [0.3, 0.4) is 0 Å². The van der Waals surface area contributed by atoms with Gasteiger partial charge in [0.25, 0.3) is 5.91 Å². The average Bonchev–Trinajstić information content (AvgIpc) is 3.14. The Balaban J connectivity index is 1.62. The lowest BCUT2D eigenvalue weighted by Crippen LogP contribution is -2.42. The highest BCUT2D eigenvalue weighted by Crippen LogP contribution is 2.21. The Morgan fingerprint density at radius 1 is 1.00 bits per heavy atom. The van der Waals surface area contributed by atoms with E-state index < -0.39 is 6.04 Å². The maximum absolute atomic E-state index is 12.5. The van der Waals surface area contributed by atoms with Gasteiger partial charge >= 0.3 is 0 Å². The fraction of sp³-hybridized carbons (Fsp3) is 0.286. The van der Waals surface area contributed by atoms with E-state index in [4.69, 9.17) is 0 Å². The zero-order valence-corrected chi connectivity index (χ0v) is 16.0. The molecule has 1 heterocycles. The Kier molecular flexibility index (Phi) is 5.93. The van der Waals surface area contributed by atoms with Crippen LogP contribution in [0.4, 0.5) is 17.1 Å². The third-order valence-corrected chi connectivity index (χ3v) is 4.82. The lowest BCUT2D eigenvalue weighted by molar-refractivity contribution is -0.134. The molecule has 0 saturated carbocycles. The van der Waals surface area contributed by atoms with Crippen LogP contribution < -0.4 is 16.0 Å². The molecule has 0 bridgehead atoms. The van der Waals surface area contributed by atoms with E-state index in [-0.39, 0.29) is 17.7 Å². The molecule has 3 rings (SSSR count). The fourth-order valence-corrected chi connectivity index (χ4v) is 3.18. The van der Waals surface area contributed by atoms with Crippen molar-refractivity contribution >= 4 is 34.8 Å². The van der Waals surface area contributed by atoms with Gasteiger partial charge in [0.15, 0.2) is 0 Å². The lowest BCUT2D eigenvalue weighted by Gasteiger charge is -2.23. The van der Waals surface area contributed by atoms with Gasteiger partial charge in [0.1, 0.15) is 6.04 Å². The third kappa shape index (κ3) is 4.31. The molecule has 0 spiro atoms. The Hall–Kier alpha value is -3.35. The molecule has 3 amide bonds. The minimum absolute atomic E-state index is 0.0107. The predicted octanol–water partition coefficient (Wildman–Crippen LogP) is 2.93. The molecule has 1 fully saturated rings. The maximum atomic E-state index is 12.5. The van der Waals surface area contributed by atoms with Gasteiger partial charge in [-0.2, -0.15) is 0 Å². The molecule has 2 aromatic rings. The Bertz CT molecular complexity index is 879. The van der Waals surface area contributed by atoms with E-state index in [2.05, 4.69) is 16.0 Å². The molecule has 1 unspecified atom stereocenters. The summed E-state index contributed by atoms with van der Waals surface area (Å²) in [5, 5.41) is 8.69. The smallest absolute Gasteiger partial charge is 0.255 e. The van der Waals surface area contributed by atoms with Crippen LogP contribution in [0.1, 0.15) is 30.1 Å². The van der Waals surface area contributed by atoms with Gasteiger partial charge in [-0.25, -0.2) is 0 Å². The van der Waals surface area contributed by atoms with Crippen LogP contribution in [0.15, 0.2) is 48.5 Å². The summed E-state index contributed by atoms with van der Waals surface area (Å²) in [6, 6.07) is 13.6. The molecule has 0 aromatic heterocycles. The SMILES string of the molecule is CNc1ccccc1NC(=O)c1ccc(NC(=O)C(C)N2CCCC2=O)cc1. The van der Waals surface area contributed by atoms with Gasteiger partial charge in [-0.3, -0.25) is 14.4 Å². The second-order valence-corrected chi connectivity index (χ2v) is 6.68. The van der Waals surface area contributed by atoms with Crippen LogP contribution >= 0.6 is 0 Å². The lowest BCUT2D eigenvalue weighted by atomic mass is 10.1. The van der Waals surface area contributed by atoms with Crippen molar-refractivity contribution in [2.24, 2.45) is 0 Å². The van der Waals surface area contributed by atoms with Crippen LogP contribution in [0.2, 0.25) is 0 Å². The van der Waals surface area contributed by atoms with Crippen LogP contribution in [0.5, 0.6) is 0 Å². The summed E-state index contributed by atoms with van der Waals surface area (Å²) < 4.78 is 0. The van der Waals surface area contributed by atoms with Gasteiger partial charge in [-0.05, 0) is 49.7 Å². The molecule has 146 valence electrons. The van der Waals surface area contributed by atoms with Crippen molar-refractivity contribution < 1.29 is 14.4 Å². The summed E-state index contributed by atoms with van der Waals surface area (Å²) in [5.74, 6) is -0.469. The first-order valence-corrected chi connectivity index (χ1v) is 9.28. The van der Waals surface area contributed by atoms with Crippen LogP contribution in [0.25, 0.3) is 0 Å². The molecule has 0 radical (unpaired) electrons. The first-order chi connectivity index (χ1) is 13.5. The van der Waals surface area contributed by atoms with Gasteiger partial charge in [0.2, 0.25) is 11.8 Å². The van der Waals surface area contributed by atoms with Crippen LogP contribution in [0, 0.1) is 0 Å². The average molecular weight is 380 g/mol. The van der Waals surface area contributed by atoms with Crippen LogP contribution in [-0.4, -0.2) is 42.3 Å². The second-order valence-electron chi connectivity index (χ2n) is 6.68. The van der Waals surface area contributed by atoms with Gasteiger partial charge < -0.3 is 20.9 Å². The molecule has 7 nitrogen and oxygen atoms in total. The highest BCUT2D eigenvalue weighted by Gasteiger charge is 2.29. The topological polar surface area (TPSA) is 90.5 Å². The molecule has 1 atom stereocenters. The summed E-state index contributed by atoms with van der Waals surface area (Å²) in [5.41, 5.74) is 2.57. The molecule has 1 aliphatic rings. The van der Waals surface area contributed by atoms with Crippen molar-refractivity contribution in [3.63, 3.8) is 0 Å². The number of para-hydroxylation sites is 2. The molecule has 1 saturated heterocycles. The maximum Gasteiger partial charge on any atom is 0.255 e. The van der Waals surface area contributed by atoms with Crippen molar-refractivity contribution in [1.29, 1.82) is 0 Å². The summed E-state index contributed by atoms with van der Waals surface area (Å²) in [6.07, 6.45) is 1.29. The van der Waals surface area contributed by atoms with E-state index in [1.807, 2.05) is 24.3 Å². The predicted molar refractivity (Wildman–Crippen MR) is 109 cm³/mol. The summed E-state index contributed by atoms with van der Waals surface area (Å²) >= 11 is 0. The Morgan fingerprint density at radius 3 is 2.29 bits per heavy atom. The first-order valence-electron chi connectivity index (χ1n) is 9.28. The number of anilines is 3. The van der Waals surface area contributed by atoms with E-state index >= 15 is 0 Å².